The second-order valence-corrected chi connectivity index (χ2v) is 5.09. The summed E-state index contributed by atoms with van der Waals surface area (Å²) in [7, 11) is 0. The summed E-state index contributed by atoms with van der Waals surface area (Å²) in [5, 5.41) is 2.42. The summed E-state index contributed by atoms with van der Waals surface area (Å²) in [6.45, 7) is 4.36. The molecule has 1 aliphatic rings. The van der Waals surface area contributed by atoms with Gasteiger partial charge in [-0.2, -0.15) is 0 Å². The number of nitrogens with one attached hydrogen (secondary N) is 1. The number of carbonyl (C=O) groups is 5. The van der Waals surface area contributed by atoms with Crippen molar-refractivity contribution in [3.63, 3.8) is 0 Å². The van der Waals surface area contributed by atoms with E-state index in [0.717, 1.165) is 20.8 Å². The van der Waals surface area contributed by atoms with Crippen LogP contribution in [0.5, 0.6) is 0 Å². The summed E-state index contributed by atoms with van der Waals surface area (Å²) in [5.74, 6) is -3.57. The Morgan fingerprint density at radius 1 is 1.04 bits per heavy atom. The number of cyclic esters (lactones) is 1. The summed E-state index contributed by atoms with van der Waals surface area (Å²) >= 11 is 0. The summed E-state index contributed by atoms with van der Waals surface area (Å²) in [4.78, 5) is 56.7. The molecule has 10 nitrogen and oxygen atoms in total. The fourth-order valence-corrected chi connectivity index (χ4v) is 2.16. The van der Waals surface area contributed by atoms with Crippen molar-refractivity contribution < 1.29 is 42.9 Å². The Morgan fingerprint density at radius 3 is 2.08 bits per heavy atom. The van der Waals surface area contributed by atoms with Crippen molar-refractivity contribution in [2.45, 2.75) is 52.1 Å². The van der Waals surface area contributed by atoms with Gasteiger partial charge in [0.2, 0.25) is 12.0 Å². The highest BCUT2D eigenvalue weighted by molar-refractivity contribution is 5.82. The number of rotatable bonds is 6. The fourth-order valence-electron chi connectivity index (χ4n) is 2.16. The third-order valence-corrected chi connectivity index (χ3v) is 2.94. The monoisotopic (exact) mass is 345 g/mol. The molecule has 4 atom stereocenters. The highest BCUT2D eigenvalue weighted by Gasteiger charge is 2.53. The van der Waals surface area contributed by atoms with Crippen molar-refractivity contribution in [2.24, 2.45) is 0 Å². The van der Waals surface area contributed by atoms with Gasteiger partial charge in [-0.1, -0.05) is 0 Å². The van der Waals surface area contributed by atoms with Gasteiger partial charge in [-0.05, 0) is 0 Å². The van der Waals surface area contributed by atoms with Crippen molar-refractivity contribution in [1.82, 2.24) is 5.32 Å². The largest absolute Gasteiger partial charge is 0.457 e. The van der Waals surface area contributed by atoms with Gasteiger partial charge in [0, 0.05) is 27.7 Å². The molecule has 0 aromatic rings. The van der Waals surface area contributed by atoms with E-state index < -0.39 is 54.2 Å². The summed E-state index contributed by atoms with van der Waals surface area (Å²) < 4.78 is 19.9. The minimum Gasteiger partial charge on any atom is -0.457 e. The van der Waals surface area contributed by atoms with Gasteiger partial charge in [0.15, 0.2) is 18.3 Å². The fraction of sp³-hybridized carbons (Fsp3) is 0.643. The maximum absolute atomic E-state index is 11.9. The molecule has 1 N–H and O–H groups in total. The highest BCUT2D eigenvalue weighted by atomic mass is 16.7. The predicted octanol–water partition coefficient (Wildman–Crippen LogP) is -1.16. The van der Waals surface area contributed by atoms with E-state index in [2.05, 4.69) is 5.32 Å². The third kappa shape index (κ3) is 5.52. The quantitative estimate of drug-likeness (QED) is 0.467. The second kappa shape index (κ2) is 8.27. The smallest absolute Gasteiger partial charge is 0.352 e. The minimum absolute atomic E-state index is 0.183. The molecule has 0 bridgehead atoms. The third-order valence-electron chi connectivity index (χ3n) is 2.94. The van der Waals surface area contributed by atoms with E-state index in [1.165, 1.54) is 6.92 Å². The number of hydrogen-bond donors (Lipinski definition) is 1. The number of amides is 1. The topological polar surface area (TPSA) is 134 Å². The van der Waals surface area contributed by atoms with Gasteiger partial charge in [-0.15, -0.1) is 0 Å². The molecular formula is C14H19NO9. The maximum Gasteiger partial charge on any atom is 0.352 e. The first-order chi connectivity index (χ1) is 11.1. The van der Waals surface area contributed by atoms with Crippen molar-refractivity contribution in [3.8, 4) is 0 Å². The van der Waals surface area contributed by atoms with Gasteiger partial charge in [-0.3, -0.25) is 19.2 Å². The predicted molar refractivity (Wildman–Crippen MR) is 75.2 cm³/mol. The van der Waals surface area contributed by atoms with Crippen LogP contribution < -0.4 is 5.32 Å². The average molecular weight is 345 g/mol. The van der Waals surface area contributed by atoms with Crippen LogP contribution in [-0.2, 0) is 42.9 Å². The van der Waals surface area contributed by atoms with Gasteiger partial charge < -0.3 is 24.3 Å². The Labute approximate surface area is 137 Å². The van der Waals surface area contributed by atoms with Crippen LogP contribution in [0.2, 0.25) is 0 Å². The molecule has 1 amide bonds. The molecule has 0 aromatic carbocycles. The van der Waals surface area contributed by atoms with Gasteiger partial charge in [0.1, 0.15) is 0 Å². The molecule has 0 aliphatic carbocycles. The lowest BCUT2D eigenvalue weighted by Crippen LogP contribution is -2.48. The number of ether oxygens (including phenoxy) is 4. The van der Waals surface area contributed by atoms with Crippen LogP contribution in [0.25, 0.3) is 0 Å². The first-order valence-corrected chi connectivity index (χ1v) is 7.08. The van der Waals surface area contributed by atoms with E-state index in [1.54, 1.807) is 0 Å². The van der Waals surface area contributed by atoms with Crippen LogP contribution in [0.4, 0.5) is 0 Å². The highest BCUT2D eigenvalue weighted by Crippen LogP contribution is 2.26. The van der Waals surface area contributed by atoms with E-state index >= 15 is 0 Å². The molecule has 24 heavy (non-hydrogen) atoms. The van der Waals surface area contributed by atoms with E-state index in [1.807, 2.05) is 0 Å². The number of hydrogen-bond acceptors (Lipinski definition) is 9. The summed E-state index contributed by atoms with van der Waals surface area (Å²) in [5.41, 5.74) is 0. The molecule has 1 aliphatic heterocycles. The zero-order chi connectivity index (χ0) is 18.4. The maximum atomic E-state index is 11.9. The lowest BCUT2D eigenvalue weighted by Gasteiger charge is -2.27. The molecule has 1 saturated heterocycles. The van der Waals surface area contributed by atoms with Gasteiger partial charge in [0.05, 0.1) is 6.54 Å². The zero-order valence-corrected chi connectivity index (χ0v) is 13.7. The molecule has 0 unspecified atom stereocenters. The Kier molecular flexibility index (Phi) is 6.69. The summed E-state index contributed by atoms with van der Waals surface area (Å²) in [6, 6.07) is 0. The molecular weight excluding hydrogens is 326 g/mol. The molecule has 0 spiro atoms. The van der Waals surface area contributed by atoms with E-state index in [9.17, 15) is 24.0 Å². The van der Waals surface area contributed by atoms with Crippen LogP contribution in [-0.4, -0.2) is 60.7 Å². The zero-order valence-electron chi connectivity index (χ0n) is 13.7. The van der Waals surface area contributed by atoms with E-state index in [4.69, 9.17) is 18.9 Å². The minimum atomic E-state index is -1.48. The Hall–Kier alpha value is -2.65. The molecule has 1 rings (SSSR count). The molecule has 1 fully saturated rings. The van der Waals surface area contributed by atoms with E-state index in [0.29, 0.717) is 0 Å². The van der Waals surface area contributed by atoms with Gasteiger partial charge in [-0.25, -0.2) is 4.79 Å². The van der Waals surface area contributed by atoms with Crippen molar-refractivity contribution in [2.75, 3.05) is 6.54 Å². The van der Waals surface area contributed by atoms with Crippen LogP contribution in [0.3, 0.4) is 0 Å². The second-order valence-electron chi connectivity index (χ2n) is 5.09. The Balaban J connectivity index is 3.05. The number of carbonyl (C=O) groups excluding carboxylic acids is 5. The molecule has 1 heterocycles. The molecule has 0 aromatic heterocycles. The van der Waals surface area contributed by atoms with Crippen molar-refractivity contribution in [3.05, 3.63) is 0 Å². The Morgan fingerprint density at radius 2 is 1.62 bits per heavy atom. The lowest BCUT2D eigenvalue weighted by molar-refractivity contribution is -0.170. The Bertz CT molecular complexity index is 544. The van der Waals surface area contributed by atoms with Gasteiger partial charge >= 0.3 is 23.9 Å². The normalized spacial score (nSPS) is 23.7. The van der Waals surface area contributed by atoms with Crippen LogP contribution >= 0.6 is 0 Å². The first-order valence-electron chi connectivity index (χ1n) is 7.08. The molecule has 0 radical (unpaired) electrons. The standard InChI is InChI=1S/C14H19NO9/c1-6(16)15-5-10(21-7(2)17)11-12(22-8(3)18)13(14(20)24-11)23-9(4)19/h10-13H,5H2,1-4H3,(H,15,16)/t10-,11+,12+,13-/m1/s1. The van der Waals surface area contributed by atoms with Crippen LogP contribution in [0, 0.1) is 0 Å². The SMILES string of the molecule is CC(=O)NC[C@@H](OC(C)=O)[C@@H]1OC(=O)[C@H](OC(C)=O)[C@H]1OC(C)=O. The molecule has 0 saturated carbocycles. The first kappa shape index (κ1) is 19.4. The molecule has 134 valence electrons. The van der Waals surface area contributed by atoms with Gasteiger partial charge in [0.25, 0.3) is 0 Å². The van der Waals surface area contributed by atoms with Crippen LogP contribution in [0.15, 0.2) is 0 Å². The van der Waals surface area contributed by atoms with Crippen molar-refractivity contribution in [1.29, 1.82) is 0 Å². The lowest BCUT2D eigenvalue weighted by atomic mass is 10.1. The van der Waals surface area contributed by atoms with Crippen molar-refractivity contribution >= 4 is 29.8 Å². The summed E-state index contributed by atoms with van der Waals surface area (Å²) in [6.07, 6.45) is -5.15. The average Bonchev–Trinajstić information content (AvgIpc) is 2.70. The van der Waals surface area contributed by atoms with Crippen LogP contribution in [0.1, 0.15) is 27.7 Å². The number of esters is 4. The van der Waals surface area contributed by atoms with E-state index in [-0.39, 0.29) is 6.54 Å². The molecule has 10 heteroatoms.